The lowest BCUT2D eigenvalue weighted by atomic mass is 10.2. The molecule has 0 unspecified atom stereocenters. The fourth-order valence-electron chi connectivity index (χ4n) is 1.74. The molecule has 0 aromatic heterocycles. The molecule has 0 aliphatic carbocycles. The summed E-state index contributed by atoms with van der Waals surface area (Å²) in [5.41, 5.74) is 0. The zero-order valence-corrected chi connectivity index (χ0v) is 17.8. The van der Waals surface area contributed by atoms with E-state index in [1.807, 2.05) is 6.92 Å². The Hall–Kier alpha value is -0.730. The highest BCUT2D eigenvalue weighted by molar-refractivity contribution is 9.10. The second kappa shape index (κ2) is 9.68. The Morgan fingerprint density at radius 3 is 2.42 bits per heavy atom. The molecule has 0 spiro atoms. The molecule has 0 radical (unpaired) electrons. The molecule has 0 saturated carbocycles. The molecule has 0 bridgehead atoms. The van der Waals surface area contributed by atoms with Crippen LogP contribution >= 0.6 is 27.7 Å². The summed E-state index contributed by atoms with van der Waals surface area (Å²) in [7, 11) is -3.31. The van der Waals surface area contributed by atoms with Gasteiger partial charge >= 0.3 is 0 Å². The topological polar surface area (TPSA) is 70.6 Å². The van der Waals surface area contributed by atoms with Gasteiger partial charge < -0.3 is 10.6 Å². The van der Waals surface area contributed by atoms with E-state index >= 15 is 0 Å². The molecule has 0 fully saturated rings. The van der Waals surface area contributed by atoms with Crippen molar-refractivity contribution < 1.29 is 8.42 Å². The van der Waals surface area contributed by atoms with Gasteiger partial charge in [0.15, 0.2) is 15.8 Å². The Balaban J connectivity index is 2.64. The largest absolute Gasteiger partial charge is 0.357 e. The molecule has 0 aliphatic heterocycles. The van der Waals surface area contributed by atoms with Crippen molar-refractivity contribution in [2.24, 2.45) is 4.99 Å². The van der Waals surface area contributed by atoms with E-state index in [1.165, 1.54) is 0 Å². The average molecular weight is 436 g/mol. The third kappa shape index (κ3) is 7.44. The molecule has 24 heavy (non-hydrogen) atoms. The van der Waals surface area contributed by atoms with Gasteiger partial charge in [0.05, 0.1) is 17.2 Å². The lowest BCUT2D eigenvalue weighted by molar-refractivity contribution is 0.594. The maximum Gasteiger partial charge on any atom is 0.191 e. The van der Waals surface area contributed by atoms with E-state index in [0.29, 0.717) is 23.9 Å². The quantitative estimate of drug-likeness (QED) is 0.485. The van der Waals surface area contributed by atoms with Crippen molar-refractivity contribution in [3.05, 3.63) is 28.7 Å². The van der Waals surface area contributed by atoms with Crippen molar-refractivity contribution in [3.8, 4) is 0 Å². The van der Waals surface area contributed by atoms with E-state index in [9.17, 15) is 8.42 Å². The maximum absolute atomic E-state index is 12.3. The van der Waals surface area contributed by atoms with Gasteiger partial charge in [-0.2, -0.15) is 11.8 Å². The van der Waals surface area contributed by atoms with Gasteiger partial charge in [0, 0.05) is 22.3 Å². The van der Waals surface area contributed by atoms with Crippen molar-refractivity contribution in [1.29, 1.82) is 0 Å². The molecule has 0 atom stereocenters. The molecule has 1 rings (SSSR count). The van der Waals surface area contributed by atoms with Crippen LogP contribution in [-0.4, -0.2) is 50.8 Å². The third-order valence-electron chi connectivity index (χ3n) is 3.35. The summed E-state index contributed by atoms with van der Waals surface area (Å²) in [6.07, 6.45) is 2.06. The molecule has 0 heterocycles. The lowest BCUT2D eigenvalue weighted by Crippen LogP contribution is -2.40. The number of aliphatic imine (C=N–C) groups is 1. The fraction of sp³-hybridized carbons (Fsp3) is 0.562. The van der Waals surface area contributed by atoms with Gasteiger partial charge in [0.1, 0.15) is 0 Å². The summed E-state index contributed by atoms with van der Waals surface area (Å²) in [6, 6.07) is 6.69. The third-order valence-corrected chi connectivity index (χ3v) is 6.85. The molecule has 2 N–H and O–H groups in total. The van der Waals surface area contributed by atoms with E-state index in [-0.39, 0.29) is 10.5 Å². The van der Waals surface area contributed by atoms with Gasteiger partial charge in [-0.1, -0.05) is 15.9 Å². The van der Waals surface area contributed by atoms with E-state index < -0.39 is 9.84 Å². The smallest absolute Gasteiger partial charge is 0.191 e. The Bertz CT molecular complexity index is 644. The van der Waals surface area contributed by atoms with Crippen LogP contribution in [0.4, 0.5) is 0 Å². The summed E-state index contributed by atoms with van der Waals surface area (Å²) >= 11 is 5.06. The Morgan fingerprint density at radius 2 is 1.88 bits per heavy atom. The molecular formula is C16H26BrN3O2S2. The van der Waals surface area contributed by atoms with Crippen LogP contribution in [0.15, 0.2) is 38.6 Å². The van der Waals surface area contributed by atoms with E-state index in [4.69, 9.17) is 0 Å². The minimum Gasteiger partial charge on any atom is -0.357 e. The van der Waals surface area contributed by atoms with Gasteiger partial charge in [-0.3, -0.25) is 4.99 Å². The number of thioether (sulfide) groups is 1. The van der Waals surface area contributed by atoms with Crippen LogP contribution in [-0.2, 0) is 9.84 Å². The molecule has 0 saturated heterocycles. The average Bonchev–Trinajstić information content (AvgIpc) is 2.53. The highest BCUT2D eigenvalue weighted by Gasteiger charge is 2.16. The first kappa shape index (κ1) is 21.3. The van der Waals surface area contributed by atoms with Crippen LogP contribution in [0, 0.1) is 0 Å². The number of hydrogen-bond acceptors (Lipinski definition) is 4. The zero-order valence-electron chi connectivity index (χ0n) is 14.6. The van der Waals surface area contributed by atoms with E-state index in [2.05, 4.69) is 51.7 Å². The molecular weight excluding hydrogens is 410 g/mol. The Labute approximate surface area is 158 Å². The first-order valence-electron chi connectivity index (χ1n) is 7.76. The lowest BCUT2D eigenvalue weighted by Gasteiger charge is -2.20. The van der Waals surface area contributed by atoms with Crippen molar-refractivity contribution in [3.63, 3.8) is 0 Å². The van der Waals surface area contributed by atoms with E-state index in [0.717, 1.165) is 11.0 Å². The van der Waals surface area contributed by atoms with Gasteiger partial charge in [0.2, 0.25) is 0 Å². The fourth-order valence-corrected chi connectivity index (χ4v) is 3.35. The van der Waals surface area contributed by atoms with Crippen LogP contribution in [0.25, 0.3) is 0 Å². The minimum absolute atomic E-state index is 0.0188. The predicted octanol–water partition coefficient (Wildman–Crippen LogP) is 2.92. The van der Waals surface area contributed by atoms with Gasteiger partial charge in [-0.25, -0.2) is 8.42 Å². The summed E-state index contributed by atoms with van der Waals surface area (Å²) in [6.45, 7) is 7.93. The first-order valence-corrected chi connectivity index (χ1v) is 11.4. The highest BCUT2D eigenvalue weighted by Crippen LogP contribution is 2.21. The minimum atomic E-state index is -3.31. The van der Waals surface area contributed by atoms with Crippen molar-refractivity contribution in [2.75, 3.05) is 31.6 Å². The normalized spacial score (nSPS) is 13.0. The molecule has 1 aromatic carbocycles. The molecule has 5 nitrogen and oxygen atoms in total. The molecule has 0 amide bonds. The number of sulfone groups is 1. The standard InChI is InChI=1S/C16H26BrN3O2S2/c1-5-18-15(20-12-16(2,3)23-4)19-10-11-24(21,22)14-8-6-13(17)7-9-14/h6-9H,5,10-12H2,1-4H3,(H2,18,19,20). The summed E-state index contributed by atoms with van der Waals surface area (Å²) < 4.78 is 25.6. The second-order valence-electron chi connectivity index (χ2n) is 5.86. The summed E-state index contributed by atoms with van der Waals surface area (Å²) in [4.78, 5) is 4.86. The van der Waals surface area contributed by atoms with Crippen molar-refractivity contribution >= 4 is 43.5 Å². The second-order valence-corrected chi connectivity index (χ2v) is 10.4. The molecule has 0 aliphatic rings. The Morgan fingerprint density at radius 1 is 1.25 bits per heavy atom. The molecule has 8 heteroatoms. The number of nitrogens with one attached hydrogen (secondary N) is 2. The van der Waals surface area contributed by atoms with Gasteiger partial charge in [-0.15, -0.1) is 0 Å². The zero-order chi connectivity index (χ0) is 18.2. The molecule has 1 aromatic rings. The van der Waals surface area contributed by atoms with Crippen molar-refractivity contribution in [2.45, 2.75) is 30.4 Å². The van der Waals surface area contributed by atoms with Gasteiger partial charge in [0.25, 0.3) is 0 Å². The number of guanidine groups is 1. The van der Waals surface area contributed by atoms with Crippen LogP contribution in [0.1, 0.15) is 20.8 Å². The molecule has 136 valence electrons. The van der Waals surface area contributed by atoms with Gasteiger partial charge in [-0.05, 0) is 51.3 Å². The number of hydrogen-bond donors (Lipinski definition) is 2. The first-order chi connectivity index (χ1) is 11.2. The number of nitrogens with zero attached hydrogens (tertiary/aromatic N) is 1. The number of benzene rings is 1. The summed E-state index contributed by atoms with van der Waals surface area (Å²) in [5, 5.41) is 6.24. The van der Waals surface area contributed by atoms with Crippen LogP contribution in [0.2, 0.25) is 0 Å². The SMILES string of the molecule is CCNC(=NCC(C)(C)SC)NCCS(=O)(=O)c1ccc(Br)cc1. The van der Waals surface area contributed by atoms with Crippen LogP contribution in [0.3, 0.4) is 0 Å². The Kier molecular flexibility index (Phi) is 8.59. The number of rotatable bonds is 8. The number of halogens is 1. The van der Waals surface area contributed by atoms with Crippen molar-refractivity contribution in [1.82, 2.24) is 10.6 Å². The van der Waals surface area contributed by atoms with E-state index in [1.54, 1.807) is 36.0 Å². The summed E-state index contributed by atoms with van der Waals surface area (Å²) in [5.74, 6) is 0.663. The highest BCUT2D eigenvalue weighted by atomic mass is 79.9. The van der Waals surface area contributed by atoms with Crippen LogP contribution < -0.4 is 10.6 Å². The monoisotopic (exact) mass is 435 g/mol. The maximum atomic E-state index is 12.3. The van der Waals surface area contributed by atoms with Crippen LogP contribution in [0.5, 0.6) is 0 Å². The predicted molar refractivity (Wildman–Crippen MR) is 108 cm³/mol.